The molecular weight excluding hydrogens is 558 g/mol. The van der Waals surface area contributed by atoms with Gasteiger partial charge in [-0.1, -0.05) is 48.5 Å². The first-order chi connectivity index (χ1) is 21.8. The smallest absolute Gasteiger partial charge is 0.298 e. The monoisotopic (exact) mass is 593 g/mol. The van der Waals surface area contributed by atoms with Gasteiger partial charge >= 0.3 is 0 Å². The molecule has 0 radical (unpaired) electrons. The number of carbonyl (C=O) groups is 2. The highest BCUT2D eigenvalue weighted by molar-refractivity contribution is 6.47. The second kappa shape index (κ2) is 12.5. The lowest BCUT2D eigenvalue weighted by Crippen LogP contribution is -2.24. The highest BCUT2D eigenvalue weighted by atomic mass is 16.2. The molecule has 7 heteroatoms. The van der Waals surface area contributed by atoms with Crippen molar-refractivity contribution in [1.82, 2.24) is 9.38 Å². The maximum absolute atomic E-state index is 13.6. The second-order valence-corrected chi connectivity index (χ2v) is 11.0. The normalized spacial score (nSPS) is 10.9. The van der Waals surface area contributed by atoms with Crippen LogP contribution in [0, 0.1) is 13.8 Å². The van der Waals surface area contributed by atoms with Gasteiger partial charge < -0.3 is 19.5 Å². The number of para-hydroxylation sites is 2. The van der Waals surface area contributed by atoms with Gasteiger partial charge in [-0.15, -0.1) is 0 Å². The van der Waals surface area contributed by atoms with E-state index in [9.17, 15) is 9.59 Å². The van der Waals surface area contributed by atoms with Gasteiger partial charge in [0.1, 0.15) is 11.5 Å². The number of hydrogen-bond donors (Lipinski definition) is 1. The number of fused-ring (bicyclic) bond motifs is 1. The molecule has 45 heavy (non-hydrogen) atoms. The quantitative estimate of drug-likeness (QED) is 0.135. The third kappa shape index (κ3) is 5.93. The Balaban J connectivity index is 1.25. The van der Waals surface area contributed by atoms with Gasteiger partial charge in [-0.3, -0.25) is 9.59 Å². The van der Waals surface area contributed by atoms with E-state index in [1.165, 1.54) is 0 Å². The van der Waals surface area contributed by atoms with E-state index in [1.54, 1.807) is 4.40 Å². The number of anilines is 5. The summed E-state index contributed by atoms with van der Waals surface area (Å²) >= 11 is 0. The average molecular weight is 594 g/mol. The molecule has 1 amide bonds. The van der Waals surface area contributed by atoms with E-state index in [1.807, 2.05) is 111 Å². The zero-order valence-electron chi connectivity index (χ0n) is 25.9. The van der Waals surface area contributed by atoms with Crippen LogP contribution in [0.25, 0.3) is 16.6 Å². The summed E-state index contributed by atoms with van der Waals surface area (Å²) in [5.41, 5.74) is 8.46. The minimum atomic E-state index is -0.691. The lowest BCUT2D eigenvalue weighted by Gasteiger charge is -2.30. The molecule has 0 aliphatic carbocycles. The van der Waals surface area contributed by atoms with Crippen LogP contribution in [0.1, 0.15) is 28.7 Å². The van der Waals surface area contributed by atoms with E-state index in [2.05, 4.69) is 53.2 Å². The van der Waals surface area contributed by atoms with Crippen LogP contribution in [0.15, 0.2) is 121 Å². The summed E-state index contributed by atoms with van der Waals surface area (Å²) in [5, 5.41) is 2.82. The van der Waals surface area contributed by atoms with Crippen molar-refractivity contribution < 1.29 is 9.59 Å². The molecule has 0 saturated carbocycles. The van der Waals surface area contributed by atoms with Crippen molar-refractivity contribution in [2.45, 2.75) is 20.8 Å². The van der Waals surface area contributed by atoms with Gasteiger partial charge in [-0.05, 0) is 98.6 Å². The maximum Gasteiger partial charge on any atom is 0.298 e. The Morgan fingerprint density at radius 3 is 2.20 bits per heavy atom. The summed E-state index contributed by atoms with van der Waals surface area (Å²) in [6.45, 7) is 6.91. The van der Waals surface area contributed by atoms with Crippen LogP contribution in [-0.4, -0.2) is 34.7 Å². The van der Waals surface area contributed by atoms with Crippen molar-refractivity contribution in [3.05, 3.63) is 138 Å². The Hall–Kier alpha value is -5.69. The zero-order chi connectivity index (χ0) is 31.5. The van der Waals surface area contributed by atoms with Crippen molar-refractivity contribution in [3.8, 4) is 11.1 Å². The highest BCUT2D eigenvalue weighted by Crippen LogP contribution is 2.37. The summed E-state index contributed by atoms with van der Waals surface area (Å²) in [4.78, 5) is 36.1. The fraction of sp³-hybridized carbons (Fsp3) is 0.132. The number of rotatable bonds is 9. The number of benzene rings is 3. The Morgan fingerprint density at radius 2 is 1.49 bits per heavy atom. The topological polar surface area (TPSA) is 70.0 Å². The average Bonchev–Trinajstić information content (AvgIpc) is 3.45. The Labute approximate surface area is 263 Å². The molecule has 0 bridgehead atoms. The molecule has 0 atom stereocenters. The van der Waals surface area contributed by atoms with Crippen molar-refractivity contribution in [2.24, 2.45) is 0 Å². The molecule has 1 N–H and O–H groups in total. The first-order valence-electron chi connectivity index (χ1n) is 15.0. The van der Waals surface area contributed by atoms with Crippen molar-refractivity contribution in [3.63, 3.8) is 0 Å². The largest absolute Gasteiger partial charge is 0.340 e. The van der Waals surface area contributed by atoms with Crippen LogP contribution in [0.2, 0.25) is 0 Å². The minimum absolute atomic E-state index is 0.335. The number of aryl methyl sites for hydroxylation is 2. The molecule has 0 spiro atoms. The van der Waals surface area contributed by atoms with Gasteiger partial charge in [-0.25, -0.2) is 4.98 Å². The van der Waals surface area contributed by atoms with Gasteiger partial charge in [0, 0.05) is 47.9 Å². The fourth-order valence-electron chi connectivity index (χ4n) is 5.80. The molecule has 3 aromatic carbocycles. The van der Waals surface area contributed by atoms with Crippen LogP contribution in [0.4, 0.5) is 28.6 Å². The molecule has 0 aliphatic heterocycles. The Kier molecular flexibility index (Phi) is 8.16. The minimum Gasteiger partial charge on any atom is -0.340 e. The van der Waals surface area contributed by atoms with E-state index >= 15 is 0 Å². The van der Waals surface area contributed by atoms with Crippen LogP contribution in [0.3, 0.4) is 0 Å². The summed E-state index contributed by atoms with van der Waals surface area (Å²) < 4.78 is 1.77. The van der Waals surface area contributed by atoms with Crippen LogP contribution in [-0.2, 0) is 4.79 Å². The molecule has 0 fully saturated rings. The highest BCUT2D eigenvalue weighted by Gasteiger charge is 2.25. The molecule has 224 valence electrons. The third-order valence-corrected chi connectivity index (χ3v) is 7.90. The first kappa shape index (κ1) is 29.4. The standard InChI is InChI=1S/C38H35N5O2/c1-5-42(34-17-10-9-16-33(34)41(4)35-24-26(2)23-27(3)39-35)30-20-18-29(19-21-30)40-38(45)37(44)36-32(28-13-7-6-8-14-28)25-31-15-11-12-22-43(31)36/h6-25H,5H2,1-4H3,(H,40,45). The number of nitrogens with zero attached hydrogens (tertiary/aromatic N) is 4. The third-order valence-electron chi connectivity index (χ3n) is 7.90. The number of Topliss-reactive ketones (excluding diaryl/α,β-unsaturated/α-hetero) is 1. The predicted octanol–water partition coefficient (Wildman–Crippen LogP) is 8.37. The summed E-state index contributed by atoms with van der Waals surface area (Å²) in [5.74, 6) is -0.412. The van der Waals surface area contributed by atoms with Gasteiger partial charge in [0.25, 0.3) is 11.7 Å². The van der Waals surface area contributed by atoms with Crippen molar-refractivity contribution >= 4 is 45.8 Å². The number of amides is 1. The number of hydrogen-bond acceptors (Lipinski definition) is 5. The van der Waals surface area contributed by atoms with Crippen LogP contribution in [0.5, 0.6) is 0 Å². The number of pyridine rings is 2. The van der Waals surface area contributed by atoms with E-state index in [4.69, 9.17) is 4.98 Å². The number of aromatic nitrogens is 2. The van der Waals surface area contributed by atoms with E-state index in [0.29, 0.717) is 11.4 Å². The lowest BCUT2D eigenvalue weighted by atomic mass is 10.0. The first-order valence-corrected chi connectivity index (χ1v) is 15.0. The lowest BCUT2D eigenvalue weighted by molar-refractivity contribution is -0.112. The number of carbonyl (C=O) groups excluding carboxylic acids is 2. The van der Waals surface area contributed by atoms with Gasteiger partial charge in [0.05, 0.1) is 11.4 Å². The van der Waals surface area contributed by atoms with Gasteiger partial charge in [-0.2, -0.15) is 0 Å². The van der Waals surface area contributed by atoms with Crippen molar-refractivity contribution in [2.75, 3.05) is 28.7 Å². The molecule has 6 aromatic rings. The SMILES string of the molecule is CCN(c1ccc(NC(=O)C(=O)c2c(-c3ccccc3)cc3ccccn23)cc1)c1ccccc1N(C)c1cc(C)cc(C)n1. The maximum atomic E-state index is 13.6. The molecule has 0 unspecified atom stereocenters. The summed E-state index contributed by atoms with van der Waals surface area (Å²) in [6, 6.07) is 37.2. The summed E-state index contributed by atoms with van der Waals surface area (Å²) in [6.07, 6.45) is 1.81. The van der Waals surface area contributed by atoms with Crippen LogP contribution >= 0.6 is 0 Å². The molecule has 7 nitrogen and oxygen atoms in total. The number of ketones is 1. The molecule has 3 aromatic heterocycles. The van der Waals surface area contributed by atoms with E-state index in [-0.39, 0.29) is 0 Å². The Bertz CT molecular complexity index is 1980. The molecule has 6 rings (SSSR count). The van der Waals surface area contributed by atoms with E-state index < -0.39 is 11.7 Å². The van der Waals surface area contributed by atoms with Crippen molar-refractivity contribution in [1.29, 1.82) is 0 Å². The van der Waals surface area contributed by atoms with E-state index in [0.717, 1.165) is 57.3 Å². The number of nitrogens with one attached hydrogen (secondary N) is 1. The Morgan fingerprint density at radius 1 is 0.800 bits per heavy atom. The van der Waals surface area contributed by atoms with Gasteiger partial charge in [0.15, 0.2) is 0 Å². The predicted molar refractivity (Wildman–Crippen MR) is 183 cm³/mol. The summed E-state index contributed by atoms with van der Waals surface area (Å²) in [7, 11) is 2.03. The molecule has 3 heterocycles. The zero-order valence-corrected chi connectivity index (χ0v) is 25.9. The second-order valence-electron chi connectivity index (χ2n) is 11.0. The molecule has 0 saturated heterocycles. The molecule has 0 aliphatic rings. The molecular formula is C38H35N5O2. The van der Waals surface area contributed by atoms with Gasteiger partial charge in [0.2, 0.25) is 0 Å². The fourth-order valence-corrected chi connectivity index (χ4v) is 5.80. The van der Waals surface area contributed by atoms with Crippen LogP contribution < -0.4 is 15.1 Å².